The van der Waals surface area contributed by atoms with E-state index in [0.29, 0.717) is 17.1 Å². The predicted octanol–water partition coefficient (Wildman–Crippen LogP) is 3.16. The van der Waals surface area contributed by atoms with Gasteiger partial charge in [-0.3, -0.25) is 4.90 Å². The van der Waals surface area contributed by atoms with Gasteiger partial charge in [0, 0.05) is 19.1 Å². The summed E-state index contributed by atoms with van der Waals surface area (Å²) < 4.78 is 1.75. The summed E-state index contributed by atoms with van der Waals surface area (Å²) in [5, 5.41) is 16.6. The fourth-order valence-electron chi connectivity index (χ4n) is 3.42. The van der Waals surface area contributed by atoms with Crippen molar-refractivity contribution >= 4 is 23.1 Å². The van der Waals surface area contributed by atoms with E-state index in [1.807, 2.05) is 13.0 Å². The van der Waals surface area contributed by atoms with Crippen molar-refractivity contribution in [2.45, 2.75) is 32.4 Å². The molecular formula is C18H21ClN6. The Bertz CT molecular complexity index is 863. The Balaban J connectivity index is 1.48. The van der Waals surface area contributed by atoms with Crippen LogP contribution in [0.2, 0.25) is 5.15 Å². The number of hydrogen-bond donors (Lipinski definition) is 1. The molecule has 4 rings (SSSR count). The number of hydrogen-bond acceptors (Lipinski definition) is 5. The van der Waals surface area contributed by atoms with Crippen LogP contribution in [0.3, 0.4) is 0 Å². The molecule has 0 amide bonds. The third kappa shape index (κ3) is 3.60. The highest BCUT2D eigenvalue weighted by Crippen LogP contribution is 2.20. The molecule has 1 unspecified atom stereocenters. The first-order valence-electron chi connectivity index (χ1n) is 8.60. The van der Waals surface area contributed by atoms with Crippen LogP contribution in [0.15, 0.2) is 36.4 Å². The van der Waals surface area contributed by atoms with E-state index >= 15 is 0 Å². The molecule has 3 heterocycles. The average molecular weight is 357 g/mol. The lowest BCUT2D eigenvalue weighted by Crippen LogP contribution is -2.42. The van der Waals surface area contributed by atoms with E-state index < -0.39 is 0 Å². The lowest BCUT2D eigenvalue weighted by atomic mass is 10.0. The SMILES string of the molecule is Cc1cc2c(Cl)nnc(NC3CCCN(Cc4ccccc4)C3)n2n1. The van der Waals surface area contributed by atoms with Crippen LogP contribution in [-0.2, 0) is 6.54 Å². The van der Waals surface area contributed by atoms with Gasteiger partial charge in [0.15, 0.2) is 5.15 Å². The number of halogens is 1. The van der Waals surface area contributed by atoms with Crippen molar-refractivity contribution in [3.05, 3.63) is 52.8 Å². The fourth-order valence-corrected chi connectivity index (χ4v) is 3.60. The number of rotatable bonds is 4. The quantitative estimate of drug-likeness (QED) is 0.778. The highest BCUT2D eigenvalue weighted by Gasteiger charge is 2.22. The number of nitrogens with one attached hydrogen (secondary N) is 1. The predicted molar refractivity (Wildman–Crippen MR) is 98.9 cm³/mol. The Morgan fingerprint density at radius 3 is 2.92 bits per heavy atom. The number of nitrogens with zero attached hydrogens (tertiary/aromatic N) is 5. The molecule has 130 valence electrons. The molecule has 1 saturated heterocycles. The maximum absolute atomic E-state index is 6.13. The van der Waals surface area contributed by atoms with Crippen molar-refractivity contribution in [3.8, 4) is 0 Å². The van der Waals surface area contributed by atoms with Crippen LogP contribution in [-0.4, -0.2) is 43.8 Å². The van der Waals surface area contributed by atoms with Crippen LogP contribution in [0.5, 0.6) is 0 Å². The highest BCUT2D eigenvalue weighted by atomic mass is 35.5. The average Bonchev–Trinajstić information content (AvgIpc) is 3.02. The number of fused-ring (bicyclic) bond motifs is 1. The standard InChI is InChI=1S/C18H21ClN6/c1-13-10-16-17(19)21-22-18(25(16)23-13)20-15-8-5-9-24(12-15)11-14-6-3-2-4-7-14/h2-4,6-7,10,15H,5,8-9,11-12H2,1H3,(H,20,22). The first-order valence-corrected chi connectivity index (χ1v) is 8.98. The molecule has 0 aliphatic carbocycles. The summed E-state index contributed by atoms with van der Waals surface area (Å²) >= 11 is 6.13. The fraction of sp³-hybridized carbons (Fsp3) is 0.389. The number of anilines is 1. The third-order valence-electron chi connectivity index (χ3n) is 4.56. The van der Waals surface area contributed by atoms with E-state index in [0.717, 1.165) is 43.7 Å². The maximum Gasteiger partial charge on any atom is 0.244 e. The van der Waals surface area contributed by atoms with Crippen molar-refractivity contribution < 1.29 is 0 Å². The van der Waals surface area contributed by atoms with Gasteiger partial charge in [-0.1, -0.05) is 41.9 Å². The zero-order valence-electron chi connectivity index (χ0n) is 14.2. The molecule has 25 heavy (non-hydrogen) atoms. The molecule has 2 aromatic heterocycles. The molecule has 0 saturated carbocycles. The van der Waals surface area contributed by atoms with E-state index in [9.17, 15) is 0 Å². The van der Waals surface area contributed by atoms with Crippen molar-refractivity contribution in [2.75, 3.05) is 18.4 Å². The third-order valence-corrected chi connectivity index (χ3v) is 4.83. The number of likely N-dealkylation sites (tertiary alicyclic amines) is 1. The van der Waals surface area contributed by atoms with Gasteiger partial charge in [-0.05, 0) is 37.9 Å². The molecular weight excluding hydrogens is 336 g/mol. The number of aryl methyl sites for hydroxylation is 1. The molecule has 1 N–H and O–H groups in total. The molecule has 7 heteroatoms. The minimum Gasteiger partial charge on any atom is -0.349 e. The molecule has 1 fully saturated rings. The first-order chi connectivity index (χ1) is 12.2. The molecule has 1 aliphatic heterocycles. The largest absolute Gasteiger partial charge is 0.349 e. The van der Waals surface area contributed by atoms with Crippen molar-refractivity contribution in [2.24, 2.45) is 0 Å². The van der Waals surface area contributed by atoms with Gasteiger partial charge in [-0.15, -0.1) is 10.2 Å². The molecule has 3 aromatic rings. The molecule has 1 atom stereocenters. The van der Waals surface area contributed by atoms with Gasteiger partial charge in [0.05, 0.1) is 5.69 Å². The van der Waals surface area contributed by atoms with E-state index in [1.165, 1.54) is 5.56 Å². The summed E-state index contributed by atoms with van der Waals surface area (Å²) in [6, 6.07) is 12.8. The van der Waals surface area contributed by atoms with Gasteiger partial charge in [-0.25, -0.2) is 0 Å². The van der Waals surface area contributed by atoms with Gasteiger partial charge in [0.1, 0.15) is 5.52 Å². The summed E-state index contributed by atoms with van der Waals surface area (Å²) in [4.78, 5) is 2.48. The van der Waals surface area contributed by atoms with E-state index in [1.54, 1.807) is 4.52 Å². The van der Waals surface area contributed by atoms with Crippen molar-refractivity contribution in [1.29, 1.82) is 0 Å². The number of piperidine rings is 1. The van der Waals surface area contributed by atoms with Crippen molar-refractivity contribution in [3.63, 3.8) is 0 Å². The highest BCUT2D eigenvalue weighted by molar-refractivity contribution is 6.32. The van der Waals surface area contributed by atoms with Gasteiger partial charge in [0.25, 0.3) is 0 Å². The van der Waals surface area contributed by atoms with Crippen LogP contribution in [0.25, 0.3) is 5.52 Å². The zero-order valence-corrected chi connectivity index (χ0v) is 14.9. The molecule has 0 spiro atoms. The van der Waals surface area contributed by atoms with Crippen LogP contribution in [0.4, 0.5) is 5.95 Å². The Morgan fingerprint density at radius 1 is 1.24 bits per heavy atom. The van der Waals surface area contributed by atoms with Crippen LogP contribution >= 0.6 is 11.6 Å². The molecule has 1 aliphatic rings. The molecule has 1 aromatic carbocycles. The van der Waals surface area contributed by atoms with Crippen LogP contribution in [0.1, 0.15) is 24.1 Å². The second kappa shape index (κ2) is 6.98. The molecule has 6 nitrogen and oxygen atoms in total. The first kappa shape index (κ1) is 16.3. The topological polar surface area (TPSA) is 58.4 Å². The summed E-state index contributed by atoms with van der Waals surface area (Å²) in [5.41, 5.74) is 3.03. The zero-order chi connectivity index (χ0) is 17.2. The van der Waals surface area contributed by atoms with Crippen LogP contribution in [0, 0.1) is 6.92 Å². The summed E-state index contributed by atoms with van der Waals surface area (Å²) in [6.45, 7) is 5.01. The second-order valence-corrected chi connectivity index (χ2v) is 6.96. The number of aromatic nitrogens is 4. The Kier molecular flexibility index (Phi) is 4.55. The molecule has 0 bridgehead atoms. The smallest absolute Gasteiger partial charge is 0.244 e. The van der Waals surface area contributed by atoms with Gasteiger partial charge in [0.2, 0.25) is 5.95 Å². The Morgan fingerprint density at radius 2 is 2.08 bits per heavy atom. The lowest BCUT2D eigenvalue weighted by molar-refractivity contribution is 0.208. The summed E-state index contributed by atoms with van der Waals surface area (Å²) in [6.07, 6.45) is 2.27. The summed E-state index contributed by atoms with van der Waals surface area (Å²) in [5.74, 6) is 0.652. The van der Waals surface area contributed by atoms with E-state index in [-0.39, 0.29) is 0 Å². The molecule has 0 radical (unpaired) electrons. The maximum atomic E-state index is 6.13. The van der Waals surface area contributed by atoms with Gasteiger partial charge in [-0.2, -0.15) is 9.61 Å². The number of benzene rings is 1. The van der Waals surface area contributed by atoms with Crippen LogP contribution < -0.4 is 5.32 Å². The van der Waals surface area contributed by atoms with Gasteiger partial charge >= 0.3 is 0 Å². The Labute approximate surface area is 151 Å². The van der Waals surface area contributed by atoms with E-state index in [2.05, 4.69) is 55.8 Å². The lowest BCUT2D eigenvalue weighted by Gasteiger charge is -2.33. The normalized spacial score (nSPS) is 18.6. The van der Waals surface area contributed by atoms with E-state index in [4.69, 9.17) is 11.6 Å². The Hall–Kier alpha value is -2.18. The minimum absolute atomic E-state index is 0.320. The minimum atomic E-state index is 0.320. The van der Waals surface area contributed by atoms with Crippen molar-refractivity contribution in [1.82, 2.24) is 24.7 Å². The second-order valence-electron chi connectivity index (χ2n) is 6.60. The van der Waals surface area contributed by atoms with Gasteiger partial charge < -0.3 is 5.32 Å². The summed E-state index contributed by atoms with van der Waals surface area (Å²) in [7, 11) is 0. The monoisotopic (exact) mass is 356 g/mol.